The number of nitrogens with two attached hydrogens (primary N) is 1. The lowest BCUT2D eigenvalue weighted by Crippen LogP contribution is -2.28. The minimum absolute atomic E-state index is 0.108. The fraction of sp³-hybridized carbons (Fsp3) is 0.333. The topological polar surface area (TPSA) is 82.2 Å². The molecule has 6 heteroatoms. The van der Waals surface area contributed by atoms with Crippen LogP contribution in [0, 0.1) is 0 Å². The van der Waals surface area contributed by atoms with Gasteiger partial charge in [0.25, 0.3) is 0 Å². The molecular weight excluding hydrogens is 268 g/mol. The first kappa shape index (κ1) is 15.2. The van der Waals surface area contributed by atoms with Gasteiger partial charge in [0, 0.05) is 31.7 Å². The zero-order chi connectivity index (χ0) is 15.1. The summed E-state index contributed by atoms with van der Waals surface area (Å²) in [4.78, 5) is 11.9. The average Bonchev–Trinajstić information content (AvgIpc) is 2.98. The summed E-state index contributed by atoms with van der Waals surface area (Å²) < 4.78 is 6.93. The quantitative estimate of drug-likeness (QED) is 0.803. The van der Waals surface area contributed by atoms with Gasteiger partial charge < -0.3 is 15.8 Å². The zero-order valence-corrected chi connectivity index (χ0v) is 12.0. The van der Waals surface area contributed by atoms with Crippen LogP contribution >= 0.6 is 0 Å². The van der Waals surface area contributed by atoms with Gasteiger partial charge in [0.1, 0.15) is 0 Å². The van der Waals surface area contributed by atoms with Gasteiger partial charge >= 0.3 is 0 Å². The van der Waals surface area contributed by atoms with E-state index in [4.69, 9.17) is 10.5 Å². The van der Waals surface area contributed by atoms with Crippen molar-refractivity contribution in [2.45, 2.75) is 19.1 Å². The van der Waals surface area contributed by atoms with Crippen molar-refractivity contribution in [2.24, 2.45) is 5.73 Å². The van der Waals surface area contributed by atoms with E-state index in [2.05, 4.69) is 10.4 Å². The van der Waals surface area contributed by atoms with E-state index >= 15 is 0 Å². The first-order valence-electron chi connectivity index (χ1n) is 6.80. The standard InChI is InChI=1S/C15H20N4O2/c1-21-14(10-16)9-15(20)18-13-5-2-4-12(8-13)11-19-7-3-6-17-19/h2-8,14H,9-11,16H2,1H3,(H,18,20). The summed E-state index contributed by atoms with van der Waals surface area (Å²) in [5.41, 5.74) is 7.34. The monoisotopic (exact) mass is 288 g/mol. The van der Waals surface area contributed by atoms with Crippen molar-refractivity contribution in [1.82, 2.24) is 9.78 Å². The van der Waals surface area contributed by atoms with Crippen LogP contribution in [0.15, 0.2) is 42.7 Å². The molecule has 1 unspecified atom stereocenters. The van der Waals surface area contributed by atoms with Gasteiger partial charge in [-0.1, -0.05) is 12.1 Å². The molecule has 21 heavy (non-hydrogen) atoms. The summed E-state index contributed by atoms with van der Waals surface area (Å²) in [7, 11) is 1.55. The van der Waals surface area contributed by atoms with Gasteiger partial charge in [0.2, 0.25) is 5.91 Å². The molecule has 3 N–H and O–H groups in total. The number of methoxy groups -OCH3 is 1. The molecule has 0 aliphatic rings. The number of hydrogen-bond acceptors (Lipinski definition) is 4. The Morgan fingerprint density at radius 1 is 1.48 bits per heavy atom. The summed E-state index contributed by atoms with van der Waals surface area (Å²) in [6, 6.07) is 9.57. The fourth-order valence-corrected chi connectivity index (χ4v) is 2.01. The Bertz CT molecular complexity index is 565. The number of carbonyl (C=O) groups excluding carboxylic acids is 1. The van der Waals surface area contributed by atoms with E-state index in [1.807, 2.05) is 41.2 Å². The predicted octanol–water partition coefficient (Wildman–Crippen LogP) is 1.23. The second kappa shape index (κ2) is 7.56. The molecule has 1 aromatic heterocycles. The number of benzene rings is 1. The summed E-state index contributed by atoms with van der Waals surface area (Å²) >= 11 is 0. The molecule has 0 saturated heterocycles. The van der Waals surface area contributed by atoms with Crippen LogP contribution in [0.3, 0.4) is 0 Å². The molecule has 0 aliphatic carbocycles. The Labute approximate surface area is 123 Å². The maximum atomic E-state index is 11.9. The SMILES string of the molecule is COC(CN)CC(=O)Nc1cccc(Cn2cccn2)c1. The van der Waals surface area contributed by atoms with E-state index < -0.39 is 0 Å². The van der Waals surface area contributed by atoms with Crippen LogP contribution in [0.1, 0.15) is 12.0 Å². The van der Waals surface area contributed by atoms with E-state index in [0.717, 1.165) is 11.3 Å². The molecule has 0 fully saturated rings. The highest BCUT2D eigenvalue weighted by atomic mass is 16.5. The molecule has 0 bridgehead atoms. The molecule has 0 saturated carbocycles. The molecular formula is C15H20N4O2. The van der Waals surface area contributed by atoms with Crippen molar-refractivity contribution in [2.75, 3.05) is 19.0 Å². The third-order valence-corrected chi connectivity index (χ3v) is 3.12. The van der Waals surface area contributed by atoms with Crippen LogP contribution in [0.25, 0.3) is 0 Å². The molecule has 2 aromatic rings. The third kappa shape index (κ3) is 4.70. The van der Waals surface area contributed by atoms with Crippen LogP contribution in [0.4, 0.5) is 5.69 Å². The number of nitrogens with one attached hydrogen (secondary N) is 1. The highest BCUT2D eigenvalue weighted by molar-refractivity contribution is 5.91. The molecule has 1 amide bonds. The Morgan fingerprint density at radius 3 is 3.00 bits per heavy atom. The van der Waals surface area contributed by atoms with Crippen molar-refractivity contribution < 1.29 is 9.53 Å². The van der Waals surface area contributed by atoms with Gasteiger partial charge in [-0.05, 0) is 23.8 Å². The summed E-state index contributed by atoms with van der Waals surface area (Å²) in [6.45, 7) is 0.990. The highest BCUT2D eigenvalue weighted by Crippen LogP contribution is 2.12. The van der Waals surface area contributed by atoms with Crippen LogP contribution in [0.5, 0.6) is 0 Å². The number of aromatic nitrogens is 2. The number of anilines is 1. The summed E-state index contributed by atoms with van der Waals surface area (Å²) in [5.74, 6) is -0.108. The van der Waals surface area contributed by atoms with Crippen molar-refractivity contribution in [3.8, 4) is 0 Å². The average molecular weight is 288 g/mol. The number of hydrogen-bond donors (Lipinski definition) is 2. The van der Waals surface area contributed by atoms with E-state index in [1.165, 1.54) is 0 Å². The lowest BCUT2D eigenvalue weighted by atomic mass is 10.2. The van der Waals surface area contributed by atoms with Crippen molar-refractivity contribution in [1.29, 1.82) is 0 Å². The number of rotatable bonds is 7. The maximum Gasteiger partial charge on any atom is 0.227 e. The number of carbonyl (C=O) groups is 1. The largest absolute Gasteiger partial charge is 0.380 e. The van der Waals surface area contributed by atoms with E-state index in [9.17, 15) is 4.79 Å². The second-order valence-corrected chi connectivity index (χ2v) is 4.75. The van der Waals surface area contributed by atoms with Gasteiger partial charge in [-0.3, -0.25) is 9.48 Å². The molecule has 1 heterocycles. The van der Waals surface area contributed by atoms with Crippen LogP contribution in [-0.2, 0) is 16.1 Å². The van der Waals surface area contributed by atoms with E-state index in [0.29, 0.717) is 13.1 Å². The van der Waals surface area contributed by atoms with E-state index in [-0.39, 0.29) is 18.4 Å². The molecule has 0 spiro atoms. The smallest absolute Gasteiger partial charge is 0.227 e. The maximum absolute atomic E-state index is 11.9. The first-order chi connectivity index (χ1) is 10.2. The van der Waals surface area contributed by atoms with Gasteiger partial charge in [0.15, 0.2) is 0 Å². The lowest BCUT2D eigenvalue weighted by molar-refractivity contribution is -0.118. The summed E-state index contributed by atoms with van der Waals surface area (Å²) in [5, 5.41) is 7.02. The molecule has 112 valence electrons. The number of ether oxygens (including phenoxy) is 1. The molecule has 2 rings (SSSR count). The minimum atomic E-state index is -0.253. The predicted molar refractivity (Wildman–Crippen MR) is 80.9 cm³/mol. The van der Waals surface area contributed by atoms with Crippen molar-refractivity contribution >= 4 is 11.6 Å². The lowest BCUT2D eigenvalue weighted by Gasteiger charge is -2.13. The molecule has 0 aliphatic heterocycles. The molecule has 1 atom stereocenters. The van der Waals surface area contributed by atoms with Gasteiger partial charge in [-0.25, -0.2) is 0 Å². The Hall–Kier alpha value is -2.18. The minimum Gasteiger partial charge on any atom is -0.380 e. The van der Waals surface area contributed by atoms with E-state index in [1.54, 1.807) is 13.3 Å². The van der Waals surface area contributed by atoms with Crippen LogP contribution < -0.4 is 11.1 Å². The van der Waals surface area contributed by atoms with Gasteiger partial charge in [0.05, 0.1) is 19.1 Å². The molecule has 1 aromatic carbocycles. The highest BCUT2D eigenvalue weighted by Gasteiger charge is 2.11. The number of nitrogens with zero attached hydrogens (tertiary/aromatic N) is 2. The van der Waals surface area contributed by atoms with Crippen LogP contribution in [-0.4, -0.2) is 35.4 Å². The Balaban J connectivity index is 1.96. The second-order valence-electron chi connectivity index (χ2n) is 4.75. The summed E-state index contributed by atoms with van der Waals surface area (Å²) in [6.07, 6.45) is 3.63. The molecule has 6 nitrogen and oxygen atoms in total. The fourth-order valence-electron chi connectivity index (χ4n) is 2.01. The Morgan fingerprint density at radius 2 is 2.33 bits per heavy atom. The van der Waals surface area contributed by atoms with Crippen molar-refractivity contribution in [3.05, 3.63) is 48.3 Å². The molecule has 0 radical (unpaired) electrons. The van der Waals surface area contributed by atoms with Gasteiger partial charge in [-0.2, -0.15) is 5.10 Å². The number of amides is 1. The van der Waals surface area contributed by atoms with Crippen LogP contribution in [0.2, 0.25) is 0 Å². The first-order valence-corrected chi connectivity index (χ1v) is 6.80. The Kier molecular flexibility index (Phi) is 5.48. The zero-order valence-electron chi connectivity index (χ0n) is 12.0. The third-order valence-electron chi connectivity index (χ3n) is 3.12. The van der Waals surface area contributed by atoms with Crippen molar-refractivity contribution in [3.63, 3.8) is 0 Å². The normalized spacial score (nSPS) is 12.1. The van der Waals surface area contributed by atoms with Gasteiger partial charge in [-0.15, -0.1) is 0 Å².